The van der Waals surface area contributed by atoms with Gasteiger partial charge in [0, 0.05) is 18.6 Å². The molecule has 1 aromatic carbocycles. The van der Waals surface area contributed by atoms with Crippen LogP contribution in [-0.4, -0.2) is 17.9 Å². The molecule has 0 heterocycles. The van der Waals surface area contributed by atoms with E-state index in [2.05, 4.69) is 12.2 Å². The highest BCUT2D eigenvalue weighted by atomic mass is 16.6. The van der Waals surface area contributed by atoms with Crippen LogP contribution in [0.1, 0.15) is 71.1 Å². The molecular weight excluding hydrogens is 320 g/mol. The molecular formula is C19H30N2O4. The SMILES string of the molecule is CCCCCCCCCCCC(=O)Nc1cc([N+](=O)[O-])ccc1OC. The minimum atomic E-state index is -0.490. The number of nitro benzene ring substituents is 1. The second-order valence-corrected chi connectivity index (χ2v) is 6.27. The number of methoxy groups -OCH3 is 1. The average molecular weight is 350 g/mol. The molecule has 0 fully saturated rings. The van der Waals surface area contributed by atoms with E-state index in [4.69, 9.17) is 4.74 Å². The van der Waals surface area contributed by atoms with Crippen LogP contribution in [0, 0.1) is 10.1 Å². The van der Waals surface area contributed by atoms with Gasteiger partial charge in [0.05, 0.1) is 17.7 Å². The van der Waals surface area contributed by atoms with Crippen LogP contribution < -0.4 is 10.1 Å². The molecule has 0 aliphatic carbocycles. The summed E-state index contributed by atoms with van der Waals surface area (Å²) in [6, 6.07) is 4.17. The summed E-state index contributed by atoms with van der Waals surface area (Å²) >= 11 is 0. The molecule has 1 amide bonds. The predicted octanol–water partition coefficient (Wildman–Crippen LogP) is 5.46. The second-order valence-electron chi connectivity index (χ2n) is 6.27. The van der Waals surface area contributed by atoms with Crippen molar-refractivity contribution in [1.82, 2.24) is 0 Å². The van der Waals surface area contributed by atoms with Crippen molar-refractivity contribution in [1.29, 1.82) is 0 Å². The van der Waals surface area contributed by atoms with Gasteiger partial charge in [-0.2, -0.15) is 0 Å². The summed E-state index contributed by atoms with van der Waals surface area (Å²) in [6.07, 6.45) is 11.2. The van der Waals surface area contributed by atoms with Gasteiger partial charge in [-0.05, 0) is 12.5 Å². The van der Waals surface area contributed by atoms with Crippen LogP contribution >= 0.6 is 0 Å². The fourth-order valence-electron chi connectivity index (χ4n) is 2.72. The number of anilines is 1. The maximum absolute atomic E-state index is 12.0. The smallest absolute Gasteiger partial charge is 0.271 e. The Balaban J connectivity index is 2.28. The Morgan fingerprint density at radius 1 is 1.08 bits per heavy atom. The molecule has 1 aromatic rings. The highest BCUT2D eigenvalue weighted by Gasteiger charge is 2.13. The van der Waals surface area contributed by atoms with Crippen molar-refractivity contribution in [2.75, 3.05) is 12.4 Å². The van der Waals surface area contributed by atoms with Crippen LogP contribution in [0.4, 0.5) is 11.4 Å². The normalized spacial score (nSPS) is 10.5. The number of nitro groups is 1. The number of carbonyl (C=O) groups is 1. The van der Waals surface area contributed by atoms with Crippen LogP contribution in [0.2, 0.25) is 0 Å². The van der Waals surface area contributed by atoms with Crippen molar-refractivity contribution in [2.24, 2.45) is 0 Å². The third-order valence-corrected chi connectivity index (χ3v) is 4.18. The molecule has 1 rings (SSSR count). The summed E-state index contributed by atoms with van der Waals surface area (Å²) in [5, 5.41) is 13.6. The Labute approximate surface area is 150 Å². The molecule has 6 heteroatoms. The van der Waals surface area contributed by atoms with E-state index in [1.807, 2.05) is 0 Å². The number of nitrogens with zero attached hydrogens (tertiary/aromatic N) is 1. The lowest BCUT2D eigenvalue weighted by molar-refractivity contribution is -0.384. The molecule has 0 saturated carbocycles. The van der Waals surface area contributed by atoms with E-state index >= 15 is 0 Å². The molecule has 0 aliphatic rings. The van der Waals surface area contributed by atoms with Crippen LogP contribution in [0.15, 0.2) is 18.2 Å². The molecule has 0 atom stereocenters. The zero-order chi connectivity index (χ0) is 18.5. The first kappa shape index (κ1) is 20.9. The van der Waals surface area contributed by atoms with E-state index < -0.39 is 4.92 Å². The van der Waals surface area contributed by atoms with E-state index in [-0.39, 0.29) is 11.6 Å². The van der Waals surface area contributed by atoms with Crippen molar-refractivity contribution in [3.05, 3.63) is 28.3 Å². The maximum atomic E-state index is 12.0. The fourth-order valence-corrected chi connectivity index (χ4v) is 2.72. The predicted molar refractivity (Wildman–Crippen MR) is 100 cm³/mol. The van der Waals surface area contributed by atoms with Gasteiger partial charge in [-0.25, -0.2) is 0 Å². The Hall–Kier alpha value is -2.11. The highest BCUT2D eigenvalue weighted by molar-refractivity contribution is 5.92. The Morgan fingerprint density at radius 2 is 1.68 bits per heavy atom. The summed E-state index contributed by atoms with van der Waals surface area (Å²) in [5.74, 6) is 0.285. The Bertz CT molecular complexity index is 546. The van der Waals surface area contributed by atoms with Gasteiger partial charge in [-0.15, -0.1) is 0 Å². The summed E-state index contributed by atoms with van der Waals surface area (Å²) < 4.78 is 5.14. The monoisotopic (exact) mass is 350 g/mol. The first-order valence-corrected chi connectivity index (χ1v) is 9.20. The lowest BCUT2D eigenvalue weighted by Crippen LogP contribution is -2.12. The minimum Gasteiger partial charge on any atom is -0.495 e. The number of nitrogens with one attached hydrogen (secondary N) is 1. The van der Waals surface area contributed by atoms with Gasteiger partial charge in [0.2, 0.25) is 5.91 Å². The number of carbonyl (C=O) groups excluding carboxylic acids is 1. The van der Waals surface area contributed by atoms with E-state index in [0.717, 1.165) is 19.3 Å². The summed E-state index contributed by atoms with van der Waals surface area (Å²) in [6.45, 7) is 2.22. The molecule has 0 bridgehead atoms. The largest absolute Gasteiger partial charge is 0.495 e. The Morgan fingerprint density at radius 3 is 2.24 bits per heavy atom. The quantitative estimate of drug-likeness (QED) is 0.291. The number of amides is 1. The van der Waals surface area contributed by atoms with Crippen LogP contribution in [-0.2, 0) is 4.79 Å². The molecule has 1 N–H and O–H groups in total. The van der Waals surface area contributed by atoms with Gasteiger partial charge in [0.1, 0.15) is 5.75 Å². The van der Waals surface area contributed by atoms with Gasteiger partial charge in [-0.3, -0.25) is 14.9 Å². The van der Waals surface area contributed by atoms with E-state index in [1.54, 1.807) is 0 Å². The van der Waals surface area contributed by atoms with Gasteiger partial charge < -0.3 is 10.1 Å². The van der Waals surface area contributed by atoms with Crippen LogP contribution in [0.3, 0.4) is 0 Å². The lowest BCUT2D eigenvalue weighted by atomic mass is 10.1. The number of ether oxygens (including phenoxy) is 1. The van der Waals surface area contributed by atoms with E-state index in [1.165, 1.54) is 63.8 Å². The van der Waals surface area contributed by atoms with Gasteiger partial charge >= 0.3 is 0 Å². The highest BCUT2D eigenvalue weighted by Crippen LogP contribution is 2.29. The van der Waals surface area contributed by atoms with Crippen molar-refractivity contribution < 1.29 is 14.5 Å². The Kier molecular flexibility index (Phi) is 10.3. The molecule has 25 heavy (non-hydrogen) atoms. The molecule has 0 aromatic heterocycles. The van der Waals surface area contributed by atoms with Gasteiger partial charge in [-0.1, -0.05) is 58.3 Å². The van der Waals surface area contributed by atoms with Crippen LogP contribution in [0.25, 0.3) is 0 Å². The van der Waals surface area contributed by atoms with Crippen molar-refractivity contribution in [3.63, 3.8) is 0 Å². The third kappa shape index (κ3) is 8.52. The number of non-ortho nitro benzene ring substituents is 1. The molecule has 0 saturated heterocycles. The minimum absolute atomic E-state index is 0.0702. The maximum Gasteiger partial charge on any atom is 0.271 e. The van der Waals surface area contributed by atoms with Crippen LogP contribution in [0.5, 0.6) is 5.75 Å². The number of hydrogen-bond donors (Lipinski definition) is 1. The lowest BCUT2D eigenvalue weighted by Gasteiger charge is -2.10. The number of rotatable bonds is 13. The molecule has 0 aliphatic heterocycles. The zero-order valence-electron chi connectivity index (χ0n) is 15.4. The number of benzene rings is 1. The summed E-state index contributed by atoms with van der Waals surface area (Å²) in [4.78, 5) is 22.4. The second kappa shape index (κ2) is 12.3. The standard InChI is InChI=1S/C19H30N2O4/c1-3-4-5-6-7-8-9-10-11-12-19(22)20-17-15-16(21(23)24)13-14-18(17)25-2/h13-15H,3-12H2,1-2H3,(H,20,22). The number of unbranched alkanes of at least 4 members (excludes halogenated alkanes) is 8. The van der Waals surface area contributed by atoms with Gasteiger partial charge in [0.15, 0.2) is 0 Å². The van der Waals surface area contributed by atoms with Crippen molar-refractivity contribution >= 4 is 17.3 Å². The number of hydrogen-bond acceptors (Lipinski definition) is 4. The molecule has 6 nitrogen and oxygen atoms in total. The third-order valence-electron chi connectivity index (χ3n) is 4.18. The molecule has 0 radical (unpaired) electrons. The van der Waals surface area contributed by atoms with Gasteiger partial charge in [0.25, 0.3) is 5.69 Å². The average Bonchev–Trinajstić information content (AvgIpc) is 2.60. The summed E-state index contributed by atoms with van der Waals surface area (Å²) in [5.41, 5.74) is 0.275. The molecule has 140 valence electrons. The first-order chi connectivity index (χ1) is 12.1. The molecule has 0 unspecified atom stereocenters. The van der Waals surface area contributed by atoms with E-state index in [0.29, 0.717) is 17.9 Å². The van der Waals surface area contributed by atoms with E-state index in [9.17, 15) is 14.9 Å². The fraction of sp³-hybridized carbons (Fsp3) is 0.632. The topological polar surface area (TPSA) is 81.5 Å². The summed E-state index contributed by atoms with van der Waals surface area (Å²) in [7, 11) is 1.47. The first-order valence-electron chi connectivity index (χ1n) is 9.20. The van der Waals surface area contributed by atoms with Crippen molar-refractivity contribution in [3.8, 4) is 5.75 Å². The van der Waals surface area contributed by atoms with Crippen molar-refractivity contribution in [2.45, 2.75) is 71.1 Å². The molecule has 0 spiro atoms. The zero-order valence-corrected chi connectivity index (χ0v) is 15.4.